The molecule has 2 fully saturated rings. The summed E-state index contributed by atoms with van der Waals surface area (Å²) in [6.45, 7) is 0. The van der Waals surface area contributed by atoms with Gasteiger partial charge in [0.05, 0.1) is 0 Å². The van der Waals surface area contributed by atoms with Crippen molar-refractivity contribution in [2.24, 2.45) is 5.92 Å². The molecule has 0 amide bonds. The van der Waals surface area contributed by atoms with Crippen LogP contribution in [0.1, 0.15) is 51.4 Å². The van der Waals surface area contributed by atoms with Crippen LogP contribution in [0.3, 0.4) is 0 Å². The lowest BCUT2D eigenvalue weighted by molar-refractivity contribution is 0.369. The minimum atomic E-state index is 0.913. The second kappa shape index (κ2) is 2.93. The van der Waals surface area contributed by atoms with Crippen molar-refractivity contribution >= 4 is 10.2 Å². The molecule has 0 heterocycles. The molecule has 0 bridgehead atoms. The van der Waals surface area contributed by atoms with Crippen molar-refractivity contribution in [2.75, 3.05) is 0 Å². The van der Waals surface area contributed by atoms with Crippen molar-refractivity contribution < 1.29 is 0 Å². The van der Waals surface area contributed by atoms with Gasteiger partial charge in [-0.1, -0.05) is 51.4 Å². The maximum atomic E-state index is 1.59. The monoisotopic (exact) mass is 168 g/mol. The molecule has 0 atom stereocenters. The first kappa shape index (κ1) is 7.84. The Morgan fingerprint density at radius 3 is 2.00 bits per heavy atom. The van der Waals surface area contributed by atoms with E-state index in [0.29, 0.717) is 0 Å². The van der Waals surface area contributed by atoms with Gasteiger partial charge in [-0.25, -0.2) is 0 Å². The van der Waals surface area contributed by atoms with E-state index in [2.05, 4.69) is 0 Å². The second-order valence-electron chi connectivity index (χ2n) is 4.84. The second-order valence-corrected chi connectivity index (χ2v) is 6.83. The summed E-state index contributed by atoms with van der Waals surface area (Å²) in [4.78, 5) is 0. The van der Waals surface area contributed by atoms with E-state index < -0.39 is 0 Å². The zero-order valence-corrected chi connectivity index (χ0v) is 9.73. The molecule has 0 spiro atoms. The normalized spacial score (nSPS) is 31.6. The van der Waals surface area contributed by atoms with E-state index in [1.165, 1.54) is 23.1 Å². The summed E-state index contributed by atoms with van der Waals surface area (Å²) in [7, 11) is 1.47. The molecule has 2 saturated carbocycles. The third-order valence-corrected chi connectivity index (χ3v) is 5.90. The Bertz CT molecular complexity index is 130. The maximum Gasteiger partial charge on any atom is 0.0110 e. The van der Waals surface area contributed by atoms with E-state index in [0.717, 1.165) is 11.0 Å². The maximum absolute atomic E-state index is 1.59. The van der Waals surface area contributed by atoms with Gasteiger partial charge >= 0.3 is 0 Å². The minimum absolute atomic E-state index is 0.913. The molecule has 1 heteroatoms. The summed E-state index contributed by atoms with van der Waals surface area (Å²) in [5, 5.41) is 0.913. The number of hydrogen-bond acceptors (Lipinski definition) is 0. The van der Waals surface area contributed by atoms with Gasteiger partial charge in [-0.15, -0.1) is 0 Å². The molecule has 2 aliphatic rings. The molecule has 0 nitrogen and oxygen atoms in total. The van der Waals surface area contributed by atoms with Crippen LogP contribution >= 0.6 is 0 Å². The van der Waals surface area contributed by atoms with E-state index >= 15 is 0 Å². The van der Waals surface area contributed by atoms with Crippen molar-refractivity contribution in [3.8, 4) is 0 Å². The number of hydrogen-bond donors (Lipinski definition) is 0. The first-order chi connectivity index (χ1) is 5.31. The fraction of sp³-hybridized carbons (Fsp3) is 1.00. The van der Waals surface area contributed by atoms with Gasteiger partial charge in [0.1, 0.15) is 0 Å². The van der Waals surface area contributed by atoms with Gasteiger partial charge in [0, 0.05) is 10.2 Å². The van der Waals surface area contributed by atoms with Gasteiger partial charge in [-0.05, 0) is 11.0 Å². The molecular formula is C10H20Si. The molecule has 0 aromatic carbocycles. The van der Waals surface area contributed by atoms with E-state index in [-0.39, 0.29) is 0 Å². The highest BCUT2D eigenvalue weighted by Gasteiger charge is 2.37. The van der Waals surface area contributed by atoms with Crippen LogP contribution in [0.4, 0.5) is 0 Å². The van der Waals surface area contributed by atoms with Gasteiger partial charge < -0.3 is 0 Å². The summed E-state index contributed by atoms with van der Waals surface area (Å²) in [5.41, 5.74) is 0. The zero-order valence-electron chi connectivity index (χ0n) is 7.73. The lowest BCUT2D eigenvalue weighted by Gasteiger charge is -2.30. The third-order valence-electron chi connectivity index (χ3n) is 4.09. The molecule has 0 saturated heterocycles. The molecule has 2 rings (SSSR count). The van der Waals surface area contributed by atoms with Gasteiger partial charge in [-0.3, -0.25) is 0 Å². The topological polar surface area (TPSA) is 0 Å². The highest BCUT2D eigenvalue weighted by atomic mass is 28.1. The van der Waals surface area contributed by atoms with Crippen LogP contribution in [0.2, 0.25) is 5.04 Å². The first-order valence-electron chi connectivity index (χ1n) is 5.31. The molecule has 0 aliphatic heterocycles. The van der Waals surface area contributed by atoms with Crippen LogP contribution in [0.15, 0.2) is 0 Å². The van der Waals surface area contributed by atoms with E-state index in [1.807, 2.05) is 0 Å². The van der Waals surface area contributed by atoms with Crippen LogP contribution in [-0.4, -0.2) is 10.2 Å². The van der Waals surface area contributed by atoms with Gasteiger partial charge in [0.15, 0.2) is 0 Å². The van der Waals surface area contributed by atoms with E-state index in [9.17, 15) is 0 Å². The van der Waals surface area contributed by atoms with Gasteiger partial charge in [-0.2, -0.15) is 0 Å². The average molecular weight is 168 g/mol. The first-order valence-corrected chi connectivity index (χ1v) is 6.31. The van der Waals surface area contributed by atoms with Crippen LogP contribution in [-0.2, 0) is 0 Å². The Hall–Kier alpha value is 0.217. The van der Waals surface area contributed by atoms with E-state index in [1.54, 1.807) is 38.5 Å². The molecule has 0 aromatic rings. The summed E-state index contributed by atoms with van der Waals surface area (Å²) in [5.74, 6) is 1.16. The fourth-order valence-corrected chi connectivity index (χ4v) is 4.50. The van der Waals surface area contributed by atoms with Crippen molar-refractivity contribution in [2.45, 2.75) is 56.4 Å². The van der Waals surface area contributed by atoms with E-state index in [4.69, 9.17) is 0 Å². The molecule has 64 valence electrons. The van der Waals surface area contributed by atoms with Gasteiger partial charge in [0.2, 0.25) is 0 Å². The van der Waals surface area contributed by atoms with Crippen molar-refractivity contribution in [3.05, 3.63) is 0 Å². The molecular weight excluding hydrogens is 148 g/mol. The Kier molecular flexibility index (Phi) is 2.09. The SMILES string of the molecule is [SiH3]C1(C2CCCC2)CCCC1. The Morgan fingerprint density at radius 1 is 0.909 bits per heavy atom. The average Bonchev–Trinajstić information content (AvgIpc) is 2.55. The zero-order chi connectivity index (χ0) is 7.73. The lowest BCUT2D eigenvalue weighted by Crippen LogP contribution is -2.17. The summed E-state index contributed by atoms with van der Waals surface area (Å²) in [6, 6.07) is 0. The molecule has 0 N–H and O–H groups in total. The Balaban J connectivity index is 2.00. The highest BCUT2D eigenvalue weighted by Crippen LogP contribution is 2.53. The largest absolute Gasteiger partial charge is 0.0531 e. The smallest absolute Gasteiger partial charge is 0.0110 e. The highest BCUT2D eigenvalue weighted by molar-refractivity contribution is 6.15. The summed E-state index contributed by atoms with van der Waals surface area (Å²) in [6.07, 6.45) is 12.5. The standard InChI is InChI=1S/C10H20Si/c11-10(7-3-4-8-10)9-5-1-2-6-9/h9H,1-8H2,11H3. The lowest BCUT2D eigenvalue weighted by atomic mass is 9.88. The van der Waals surface area contributed by atoms with Crippen LogP contribution in [0, 0.1) is 5.92 Å². The van der Waals surface area contributed by atoms with Crippen molar-refractivity contribution in [1.29, 1.82) is 0 Å². The van der Waals surface area contributed by atoms with Crippen LogP contribution in [0.25, 0.3) is 0 Å². The van der Waals surface area contributed by atoms with Crippen molar-refractivity contribution in [1.82, 2.24) is 0 Å². The fourth-order valence-electron chi connectivity index (χ4n) is 3.21. The molecule has 0 unspecified atom stereocenters. The third kappa shape index (κ3) is 1.40. The summed E-state index contributed by atoms with van der Waals surface area (Å²) >= 11 is 0. The van der Waals surface area contributed by atoms with Gasteiger partial charge in [0.25, 0.3) is 0 Å². The molecule has 0 aromatic heterocycles. The summed E-state index contributed by atoms with van der Waals surface area (Å²) < 4.78 is 0. The molecule has 2 aliphatic carbocycles. The number of rotatable bonds is 1. The van der Waals surface area contributed by atoms with Crippen LogP contribution in [0.5, 0.6) is 0 Å². The van der Waals surface area contributed by atoms with Crippen molar-refractivity contribution in [3.63, 3.8) is 0 Å². The molecule has 0 radical (unpaired) electrons. The Labute approximate surface area is 73.2 Å². The quantitative estimate of drug-likeness (QED) is 0.527. The Morgan fingerprint density at radius 2 is 1.45 bits per heavy atom. The van der Waals surface area contributed by atoms with Crippen LogP contribution < -0.4 is 0 Å². The molecule has 11 heavy (non-hydrogen) atoms. The predicted molar refractivity (Wildman–Crippen MR) is 53.1 cm³/mol. The predicted octanol–water partition coefficient (Wildman–Crippen LogP) is 2.27. The minimum Gasteiger partial charge on any atom is -0.0531 e.